The minimum Gasteiger partial charge on any atom is -0.439 e. The Hall–Kier alpha value is -3.03. The van der Waals surface area contributed by atoms with E-state index in [0.29, 0.717) is 12.4 Å². The van der Waals surface area contributed by atoms with Gasteiger partial charge in [-0.1, -0.05) is 24.3 Å². The fourth-order valence-corrected chi connectivity index (χ4v) is 3.96. The van der Waals surface area contributed by atoms with Gasteiger partial charge in [0.25, 0.3) is 0 Å². The van der Waals surface area contributed by atoms with E-state index in [2.05, 4.69) is 31.7 Å². The molecule has 7 nitrogen and oxygen atoms in total. The molecule has 1 aliphatic rings. The van der Waals surface area contributed by atoms with E-state index >= 15 is 0 Å². The van der Waals surface area contributed by atoms with Crippen molar-refractivity contribution in [2.24, 2.45) is 0 Å². The van der Waals surface area contributed by atoms with Crippen molar-refractivity contribution in [2.45, 2.75) is 19.5 Å². The molecule has 0 saturated carbocycles. The van der Waals surface area contributed by atoms with Crippen molar-refractivity contribution in [1.29, 1.82) is 0 Å². The minimum absolute atomic E-state index is 0.150. The SMILES string of the molecule is CC(c1nc2ccccc2o1)N1CCN(Cc2nc(N)c3ccccc3n2)CC1. The second-order valence-corrected chi connectivity index (χ2v) is 7.55. The predicted octanol–water partition coefficient (Wildman–Crippen LogP) is 3.23. The van der Waals surface area contributed by atoms with Crippen LogP contribution in [0.1, 0.15) is 24.7 Å². The van der Waals surface area contributed by atoms with Crippen LogP contribution in [0.2, 0.25) is 0 Å². The fourth-order valence-electron chi connectivity index (χ4n) is 3.96. The molecule has 29 heavy (non-hydrogen) atoms. The molecular weight excluding hydrogens is 364 g/mol. The molecule has 0 radical (unpaired) electrons. The molecular formula is C22H24N6O. The Morgan fingerprint density at radius 1 is 0.931 bits per heavy atom. The summed E-state index contributed by atoms with van der Waals surface area (Å²) in [5.41, 5.74) is 8.79. The number of hydrogen-bond acceptors (Lipinski definition) is 7. The number of nitrogens with two attached hydrogens (primary N) is 1. The smallest absolute Gasteiger partial charge is 0.212 e. The molecule has 2 aromatic heterocycles. The monoisotopic (exact) mass is 388 g/mol. The van der Waals surface area contributed by atoms with Gasteiger partial charge in [0, 0.05) is 31.6 Å². The van der Waals surface area contributed by atoms with Crippen LogP contribution in [0.15, 0.2) is 52.9 Å². The van der Waals surface area contributed by atoms with Gasteiger partial charge in [0.1, 0.15) is 17.2 Å². The number of anilines is 1. The molecule has 1 saturated heterocycles. The Labute approximate surface area is 169 Å². The van der Waals surface area contributed by atoms with E-state index in [1.807, 2.05) is 48.5 Å². The summed E-state index contributed by atoms with van der Waals surface area (Å²) >= 11 is 0. The van der Waals surface area contributed by atoms with Gasteiger partial charge >= 0.3 is 0 Å². The van der Waals surface area contributed by atoms with Gasteiger partial charge in [-0.25, -0.2) is 15.0 Å². The molecule has 7 heteroatoms. The Bertz CT molecular complexity index is 1120. The lowest BCUT2D eigenvalue weighted by Crippen LogP contribution is -2.46. The average Bonchev–Trinajstić information content (AvgIpc) is 3.18. The molecule has 4 aromatic rings. The van der Waals surface area contributed by atoms with Crippen LogP contribution in [0.4, 0.5) is 5.82 Å². The summed E-state index contributed by atoms with van der Waals surface area (Å²) in [4.78, 5) is 18.6. The van der Waals surface area contributed by atoms with E-state index in [9.17, 15) is 0 Å². The molecule has 148 valence electrons. The summed E-state index contributed by atoms with van der Waals surface area (Å²) in [6.45, 7) is 6.65. The third-order valence-electron chi connectivity index (χ3n) is 5.67. The van der Waals surface area contributed by atoms with Crippen molar-refractivity contribution < 1.29 is 4.42 Å². The maximum absolute atomic E-state index is 6.13. The number of piperazine rings is 1. The van der Waals surface area contributed by atoms with E-state index in [4.69, 9.17) is 10.2 Å². The number of fused-ring (bicyclic) bond motifs is 2. The van der Waals surface area contributed by atoms with E-state index in [0.717, 1.165) is 59.9 Å². The third-order valence-corrected chi connectivity index (χ3v) is 5.67. The Balaban J connectivity index is 1.24. The molecule has 0 bridgehead atoms. The van der Waals surface area contributed by atoms with Gasteiger partial charge in [-0.2, -0.15) is 0 Å². The highest BCUT2D eigenvalue weighted by Gasteiger charge is 2.25. The summed E-state index contributed by atoms with van der Waals surface area (Å²) in [5, 5.41) is 0.910. The second-order valence-electron chi connectivity index (χ2n) is 7.55. The Morgan fingerprint density at radius 2 is 1.66 bits per heavy atom. The molecule has 1 aliphatic heterocycles. The number of aromatic nitrogens is 3. The van der Waals surface area contributed by atoms with E-state index < -0.39 is 0 Å². The van der Waals surface area contributed by atoms with Gasteiger partial charge in [-0.05, 0) is 31.2 Å². The number of benzene rings is 2. The fraction of sp³-hybridized carbons (Fsp3) is 0.318. The van der Waals surface area contributed by atoms with Gasteiger partial charge in [0.05, 0.1) is 18.1 Å². The van der Waals surface area contributed by atoms with Crippen molar-refractivity contribution in [1.82, 2.24) is 24.8 Å². The second kappa shape index (κ2) is 7.42. The van der Waals surface area contributed by atoms with Crippen molar-refractivity contribution >= 4 is 27.8 Å². The number of nitrogens with zero attached hydrogens (tertiary/aromatic N) is 5. The van der Waals surface area contributed by atoms with E-state index in [1.54, 1.807) is 0 Å². The molecule has 0 spiro atoms. The van der Waals surface area contributed by atoms with Crippen LogP contribution in [0, 0.1) is 0 Å². The number of rotatable bonds is 4. The quantitative estimate of drug-likeness (QED) is 0.574. The van der Waals surface area contributed by atoms with Gasteiger partial charge in [-0.15, -0.1) is 0 Å². The van der Waals surface area contributed by atoms with Crippen molar-refractivity contribution in [3.05, 3.63) is 60.2 Å². The van der Waals surface area contributed by atoms with Crippen molar-refractivity contribution in [3.63, 3.8) is 0 Å². The zero-order valence-electron chi connectivity index (χ0n) is 16.5. The molecule has 1 fully saturated rings. The first-order valence-electron chi connectivity index (χ1n) is 10.0. The minimum atomic E-state index is 0.150. The van der Waals surface area contributed by atoms with E-state index in [1.165, 1.54) is 0 Å². The van der Waals surface area contributed by atoms with Crippen LogP contribution in [0.3, 0.4) is 0 Å². The highest BCUT2D eigenvalue weighted by atomic mass is 16.3. The van der Waals surface area contributed by atoms with Gasteiger partial charge in [0.2, 0.25) is 5.89 Å². The lowest BCUT2D eigenvalue weighted by Gasteiger charge is -2.36. The van der Waals surface area contributed by atoms with Crippen LogP contribution < -0.4 is 5.73 Å². The summed E-state index contributed by atoms with van der Waals surface area (Å²) < 4.78 is 5.96. The Morgan fingerprint density at radius 3 is 2.45 bits per heavy atom. The number of oxazole rings is 1. The number of hydrogen-bond donors (Lipinski definition) is 1. The first kappa shape index (κ1) is 18.0. The third kappa shape index (κ3) is 3.54. The average molecular weight is 388 g/mol. The topological polar surface area (TPSA) is 84.3 Å². The highest BCUT2D eigenvalue weighted by molar-refractivity contribution is 5.87. The maximum Gasteiger partial charge on any atom is 0.212 e. The van der Waals surface area contributed by atoms with E-state index in [-0.39, 0.29) is 6.04 Å². The number of nitrogen functional groups attached to an aromatic ring is 1. The van der Waals surface area contributed by atoms with Crippen molar-refractivity contribution in [2.75, 3.05) is 31.9 Å². The predicted molar refractivity (Wildman–Crippen MR) is 113 cm³/mol. The van der Waals surface area contributed by atoms with Crippen LogP contribution in [0.25, 0.3) is 22.0 Å². The summed E-state index contributed by atoms with van der Waals surface area (Å²) in [6.07, 6.45) is 0. The highest BCUT2D eigenvalue weighted by Crippen LogP contribution is 2.25. The zero-order valence-corrected chi connectivity index (χ0v) is 16.5. The molecule has 0 aliphatic carbocycles. The molecule has 5 rings (SSSR count). The summed E-state index contributed by atoms with van der Waals surface area (Å²) in [7, 11) is 0. The molecule has 2 aromatic carbocycles. The Kier molecular flexibility index (Phi) is 4.61. The van der Waals surface area contributed by atoms with Crippen molar-refractivity contribution in [3.8, 4) is 0 Å². The molecule has 1 unspecified atom stereocenters. The maximum atomic E-state index is 6.13. The standard InChI is InChI=1S/C22H24N6O/c1-15(22-25-18-8-4-5-9-19(18)29-22)28-12-10-27(11-13-28)14-20-24-17-7-3-2-6-16(17)21(23)26-20/h2-9,15H,10-14H2,1H3,(H2,23,24,26). The zero-order chi connectivity index (χ0) is 19.8. The molecule has 3 heterocycles. The largest absolute Gasteiger partial charge is 0.439 e. The first-order valence-corrected chi connectivity index (χ1v) is 10.0. The molecule has 0 amide bonds. The summed E-state index contributed by atoms with van der Waals surface area (Å²) in [5.74, 6) is 2.11. The van der Waals surface area contributed by atoms with Crippen LogP contribution in [0.5, 0.6) is 0 Å². The van der Waals surface area contributed by atoms with Gasteiger partial charge in [0.15, 0.2) is 5.58 Å². The first-order chi connectivity index (χ1) is 14.2. The van der Waals surface area contributed by atoms with Crippen LogP contribution >= 0.6 is 0 Å². The lowest BCUT2D eigenvalue weighted by molar-refractivity contribution is 0.0867. The van der Waals surface area contributed by atoms with Crippen LogP contribution in [-0.2, 0) is 6.54 Å². The van der Waals surface area contributed by atoms with Gasteiger partial charge in [-0.3, -0.25) is 9.80 Å². The number of para-hydroxylation sites is 3. The molecule has 1 atom stereocenters. The van der Waals surface area contributed by atoms with Crippen LogP contribution in [-0.4, -0.2) is 50.9 Å². The summed E-state index contributed by atoms with van der Waals surface area (Å²) in [6, 6.07) is 15.9. The van der Waals surface area contributed by atoms with Gasteiger partial charge < -0.3 is 10.2 Å². The molecule has 2 N–H and O–H groups in total. The normalized spacial score (nSPS) is 17.1. The lowest BCUT2D eigenvalue weighted by atomic mass is 10.2.